The molecule has 1 aliphatic heterocycles. The number of carboxylic acid groups (broad SMARTS) is 1. The van der Waals surface area contributed by atoms with Crippen LogP contribution in [0.15, 0.2) is 18.2 Å². The first-order valence-corrected chi connectivity index (χ1v) is 9.61. The van der Waals surface area contributed by atoms with Gasteiger partial charge in [0.2, 0.25) is 0 Å². The number of nitrogens with one attached hydrogen (secondary N) is 2. The minimum atomic E-state index is -1.05. The van der Waals surface area contributed by atoms with E-state index in [-0.39, 0.29) is 11.6 Å². The molecule has 1 aromatic carbocycles. The molecule has 1 aromatic rings. The number of hydrogen-bond acceptors (Lipinski definition) is 4. The molecule has 1 atom stereocenters. The minimum Gasteiger partial charge on any atom is -0.478 e. The molecule has 2 rings (SSSR count). The van der Waals surface area contributed by atoms with Crippen molar-refractivity contribution in [3.8, 4) is 0 Å². The average Bonchev–Trinajstić information content (AvgIpc) is 2.48. The summed E-state index contributed by atoms with van der Waals surface area (Å²) in [6.45, 7) is 0.594. The van der Waals surface area contributed by atoms with Gasteiger partial charge in [-0.05, 0) is 40.8 Å². The number of carbonyl (C=O) groups is 2. The van der Waals surface area contributed by atoms with Crippen LogP contribution in [0.2, 0.25) is 0 Å². The van der Waals surface area contributed by atoms with Crippen LogP contribution in [0.3, 0.4) is 0 Å². The highest BCUT2D eigenvalue weighted by Gasteiger charge is 2.16. The van der Waals surface area contributed by atoms with Gasteiger partial charge in [-0.2, -0.15) is 23.5 Å². The van der Waals surface area contributed by atoms with Crippen molar-refractivity contribution in [2.45, 2.75) is 5.25 Å². The Morgan fingerprint density at radius 1 is 1.38 bits per heavy atom. The monoisotopic (exact) mass is 438 g/mol. The maximum Gasteiger partial charge on any atom is 0.337 e. The Morgan fingerprint density at radius 3 is 2.86 bits per heavy atom. The van der Waals surface area contributed by atoms with E-state index in [2.05, 4.69) is 10.6 Å². The predicted molar refractivity (Wildman–Crippen MR) is 96.7 cm³/mol. The van der Waals surface area contributed by atoms with Crippen LogP contribution in [0.5, 0.6) is 0 Å². The molecule has 0 spiro atoms. The number of carbonyl (C=O) groups excluding carboxylic acids is 1. The Balaban J connectivity index is 1.91. The topological polar surface area (TPSA) is 78.4 Å². The first kappa shape index (κ1) is 16.8. The predicted octanol–water partition coefficient (Wildman–Crippen LogP) is 2.96. The molecule has 3 N–H and O–H groups in total. The Labute approximate surface area is 145 Å². The molecule has 5 nitrogen and oxygen atoms in total. The number of thioether (sulfide) groups is 2. The number of hydrogen-bond donors (Lipinski definition) is 3. The summed E-state index contributed by atoms with van der Waals surface area (Å²) in [6, 6.07) is 4.54. The Kier molecular flexibility index (Phi) is 6.49. The Hall–Kier alpha value is -0.610. The zero-order chi connectivity index (χ0) is 15.2. The molecule has 0 bridgehead atoms. The molecular weight excluding hydrogens is 423 g/mol. The van der Waals surface area contributed by atoms with Crippen molar-refractivity contribution in [1.29, 1.82) is 0 Å². The molecule has 2 amide bonds. The van der Waals surface area contributed by atoms with Crippen LogP contribution in [-0.4, -0.2) is 46.2 Å². The lowest BCUT2D eigenvalue weighted by Crippen LogP contribution is -2.36. The molecule has 8 heteroatoms. The van der Waals surface area contributed by atoms with Crippen LogP contribution in [0.4, 0.5) is 10.5 Å². The van der Waals surface area contributed by atoms with E-state index in [0.29, 0.717) is 17.5 Å². The summed E-state index contributed by atoms with van der Waals surface area (Å²) in [6.07, 6.45) is 0. The smallest absolute Gasteiger partial charge is 0.337 e. The van der Waals surface area contributed by atoms with E-state index in [0.717, 1.165) is 20.8 Å². The highest BCUT2D eigenvalue weighted by molar-refractivity contribution is 14.1. The number of amides is 2. The maximum atomic E-state index is 11.9. The minimum absolute atomic E-state index is 0.0969. The third-order valence-electron chi connectivity index (χ3n) is 2.84. The van der Waals surface area contributed by atoms with E-state index in [4.69, 9.17) is 5.11 Å². The lowest BCUT2D eigenvalue weighted by Gasteiger charge is -2.21. The van der Waals surface area contributed by atoms with Gasteiger partial charge in [-0.1, -0.05) is 0 Å². The normalized spacial score (nSPS) is 18.0. The van der Waals surface area contributed by atoms with Crippen LogP contribution in [0.1, 0.15) is 10.4 Å². The number of carboxylic acids is 1. The number of halogens is 1. The fourth-order valence-corrected chi connectivity index (χ4v) is 4.93. The summed E-state index contributed by atoms with van der Waals surface area (Å²) >= 11 is 5.80. The molecule has 1 saturated heterocycles. The average molecular weight is 438 g/mol. The molecule has 114 valence electrons. The molecule has 1 unspecified atom stereocenters. The molecule has 0 aromatic heterocycles. The third kappa shape index (κ3) is 5.26. The van der Waals surface area contributed by atoms with Gasteiger partial charge in [-0.15, -0.1) is 0 Å². The van der Waals surface area contributed by atoms with Crippen LogP contribution in [0, 0.1) is 3.57 Å². The lowest BCUT2D eigenvalue weighted by molar-refractivity contribution is 0.0698. The van der Waals surface area contributed by atoms with Gasteiger partial charge in [0, 0.05) is 32.6 Å². The van der Waals surface area contributed by atoms with Crippen molar-refractivity contribution >= 4 is 63.8 Å². The van der Waals surface area contributed by atoms with Crippen molar-refractivity contribution in [2.75, 3.05) is 29.1 Å². The molecular formula is C13H15IN2O3S2. The number of anilines is 1. The first-order chi connectivity index (χ1) is 10.1. The first-order valence-electron chi connectivity index (χ1n) is 6.33. The highest BCUT2D eigenvalue weighted by Crippen LogP contribution is 2.23. The van der Waals surface area contributed by atoms with Gasteiger partial charge in [0.05, 0.1) is 11.3 Å². The molecule has 0 radical (unpaired) electrons. The van der Waals surface area contributed by atoms with Crippen molar-refractivity contribution in [2.24, 2.45) is 0 Å². The number of urea groups is 1. The van der Waals surface area contributed by atoms with E-state index in [1.54, 1.807) is 12.1 Å². The summed E-state index contributed by atoms with van der Waals surface area (Å²) in [5.74, 6) is 2.26. The Bertz CT molecular complexity index is 536. The number of aromatic carboxylic acids is 1. The van der Waals surface area contributed by atoms with Crippen molar-refractivity contribution in [3.05, 3.63) is 27.3 Å². The van der Waals surface area contributed by atoms with E-state index < -0.39 is 5.97 Å². The standard InChI is InChI=1S/C13H15IN2O3S2/c14-8-1-2-11(10(5-8)12(17)18)16-13(19)15-6-9-7-20-3-4-21-9/h1-2,5,9H,3-4,6-7H2,(H,17,18)(H2,15,16,19). The number of benzene rings is 1. The lowest BCUT2D eigenvalue weighted by atomic mass is 10.2. The van der Waals surface area contributed by atoms with Crippen LogP contribution < -0.4 is 10.6 Å². The fraction of sp³-hybridized carbons (Fsp3) is 0.385. The molecule has 1 fully saturated rings. The second-order valence-electron chi connectivity index (χ2n) is 4.40. The summed E-state index contributed by atoms with van der Waals surface area (Å²) in [5, 5.41) is 15.0. The van der Waals surface area contributed by atoms with Gasteiger partial charge in [-0.25, -0.2) is 9.59 Å². The van der Waals surface area contributed by atoms with Gasteiger partial charge < -0.3 is 15.7 Å². The van der Waals surface area contributed by atoms with E-state index in [1.807, 2.05) is 46.1 Å². The third-order valence-corrected chi connectivity index (χ3v) is 6.35. The molecule has 0 saturated carbocycles. The van der Waals surface area contributed by atoms with Crippen molar-refractivity contribution in [3.63, 3.8) is 0 Å². The second-order valence-corrected chi connectivity index (χ2v) is 8.20. The number of rotatable bonds is 4. The summed E-state index contributed by atoms with van der Waals surface area (Å²) in [7, 11) is 0. The molecule has 0 aliphatic carbocycles. The van der Waals surface area contributed by atoms with Gasteiger partial charge in [0.15, 0.2) is 0 Å². The molecule has 1 heterocycles. The van der Waals surface area contributed by atoms with Crippen molar-refractivity contribution < 1.29 is 14.7 Å². The SMILES string of the molecule is O=C(NCC1CSCCS1)Nc1ccc(I)cc1C(=O)O. The zero-order valence-electron chi connectivity index (χ0n) is 11.1. The quantitative estimate of drug-likeness (QED) is 0.631. The van der Waals surface area contributed by atoms with E-state index in [1.165, 1.54) is 6.07 Å². The molecule has 1 aliphatic rings. The van der Waals surface area contributed by atoms with E-state index >= 15 is 0 Å². The Morgan fingerprint density at radius 2 is 2.19 bits per heavy atom. The highest BCUT2D eigenvalue weighted by atomic mass is 127. The largest absolute Gasteiger partial charge is 0.478 e. The van der Waals surface area contributed by atoms with Crippen LogP contribution in [0.25, 0.3) is 0 Å². The summed E-state index contributed by atoms with van der Waals surface area (Å²) < 4.78 is 0.812. The maximum absolute atomic E-state index is 11.9. The summed E-state index contributed by atoms with van der Waals surface area (Å²) in [5.41, 5.74) is 0.408. The van der Waals surface area contributed by atoms with Crippen LogP contribution >= 0.6 is 46.1 Å². The van der Waals surface area contributed by atoms with Crippen molar-refractivity contribution in [1.82, 2.24) is 5.32 Å². The van der Waals surface area contributed by atoms with Gasteiger partial charge in [0.1, 0.15) is 0 Å². The van der Waals surface area contributed by atoms with Gasteiger partial charge in [0.25, 0.3) is 0 Å². The van der Waals surface area contributed by atoms with E-state index in [9.17, 15) is 9.59 Å². The van der Waals surface area contributed by atoms with Gasteiger partial charge >= 0.3 is 12.0 Å². The van der Waals surface area contributed by atoms with Gasteiger partial charge in [-0.3, -0.25) is 0 Å². The molecule has 21 heavy (non-hydrogen) atoms. The van der Waals surface area contributed by atoms with Crippen LogP contribution in [-0.2, 0) is 0 Å². The fourth-order valence-electron chi connectivity index (χ4n) is 1.83. The zero-order valence-corrected chi connectivity index (χ0v) is 14.9. The summed E-state index contributed by atoms with van der Waals surface area (Å²) in [4.78, 5) is 23.1. The second kappa shape index (κ2) is 8.14.